The number of ether oxygens (including phenoxy) is 1. The van der Waals surface area contributed by atoms with E-state index in [9.17, 15) is 14.4 Å². The summed E-state index contributed by atoms with van der Waals surface area (Å²) in [6.45, 7) is 2.02. The highest BCUT2D eigenvalue weighted by Crippen LogP contribution is 2.22. The molecule has 1 N–H and O–H groups in total. The molecule has 2 aromatic rings. The van der Waals surface area contributed by atoms with Crippen LogP contribution in [0.2, 0.25) is 0 Å². The number of furan rings is 1. The first kappa shape index (κ1) is 17.7. The number of benzene rings is 1. The van der Waals surface area contributed by atoms with Gasteiger partial charge in [0.25, 0.3) is 5.91 Å². The van der Waals surface area contributed by atoms with Gasteiger partial charge in [-0.25, -0.2) is 4.79 Å². The Morgan fingerprint density at radius 2 is 2.15 bits per heavy atom. The Morgan fingerprint density at radius 1 is 1.31 bits per heavy atom. The molecule has 0 spiro atoms. The Morgan fingerprint density at radius 3 is 2.85 bits per heavy atom. The highest BCUT2D eigenvalue weighted by atomic mass is 16.5. The van der Waals surface area contributed by atoms with E-state index in [1.54, 1.807) is 48.2 Å². The third kappa shape index (κ3) is 4.11. The fourth-order valence-electron chi connectivity index (χ4n) is 2.83. The molecular formula is C19H20N2O5. The van der Waals surface area contributed by atoms with Crippen LogP contribution in [0.4, 0.5) is 5.69 Å². The van der Waals surface area contributed by atoms with Gasteiger partial charge in [-0.2, -0.15) is 0 Å². The molecule has 136 valence electrons. The zero-order valence-electron chi connectivity index (χ0n) is 14.4. The van der Waals surface area contributed by atoms with Crippen LogP contribution in [-0.4, -0.2) is 30.9 Å². The minimum Gasteiger partial charge on any atom is -0.467 e. The third-order valence-electron chi connectivity index (χ3n) is 4.15. The first-order valence-corrected chi connectivity index (χ1v) is 8.45. The molecule has 1 saturated heterocycles. The molecular weight excluding hydrogens is 336 g/mol. The topological polar surface area (TPSA) is 88.9 Å². The Kier molecular flexibility index (Phi) is 5.36. The van der Waals surface area contributed by atoms with Crippen molar-refractivity contribution >= 4 is 23.5 Å². The number of carbonyl (C=O) groups excluding carboxylic acids is 3. The molecule has 2 heterocycles. The van der Waals surface area contributed by atoms with Crippen LogP contribution in [0.1, 0.15) is 41.9 Å². The van der Waals surface area contributed by atoms with Crippen molar-refractivity contribution in [2.24, 2.45) is 0 Å². The zero-order chi connectivity index (χ0) is 18.5. The van der Waals surface area contributed by atoms with E-state index in [4.69, 9.17) is 9.15 Å². The fourth-order valence-corrected chi connectivity index (χ4v) is 2.83. The van der Waals surface area contributed by atoms with E-state index in [2.05, 4.69) is 5.32 Å². The van der Waals surface area contributed by atoms with Crippen LogP contribution in [0.3, 0.4) is 0 Å². The van der Waals surface area contributed by atoms with Crippen LogP contribution in [0.5, 0.6) is 0 Å². The van der Waals surface area contributed by atoms with Crippen molar-refractivity contribution in [2.75, 3.05) is 18.1 Å². The van der Waals surface area contributed by atoms with Crippen LogP contribution < -0.4 is 10.2 Å². The minimum atomic E-state index is -0.612. The second kappa shape index (κ2) is 7.86. The van der Waals surface area contributed by atoms with E-state index in [0.29, 0.717) is 30.0 Å². The molecule has 26 heavy (non-hydrogen) atoms. The van der Waals surface area contributed by atoms with Gasteiger partial charge in [0.05, 0.1) is 17.9 Å². The molecule has 0 saturated carbocycles. The van der Waals surface area contributed by atoms with Gasteiger partial charge in [0.2, 0.25) is 5.91 Å². The zero-order valence-corrected chi connectivity index (χ0v) is 14.4. The average molecular weight is 356 g/mol. The van der Waals surface area contributed by atoms with Crippen molar-refractivity contribution in [2.45, 2.75) is 25.8 Å². The largest absolute Gasteiger partial charge is 0.467 e. The van der Waals surface area contributed by atoms with Crippen molar-refractivity contribution in [1.29, 1.82) is 0 Å². The third-order valence-corrected chi connectivity index (χ3v) is 4.15. The number of rotatable bonds is 6. The smallest absolute Gasteiger partial charge is 0.338 e. The monoisotopic (exact) mass is 356 g/mol. The summed E-state index contributed by atoms with van der Waals surface area (Å²) >= 11 is 0. The number of hydrogen-bond donors (Lipinski definition) is 1. The van der Waals surface area contributed by atoms with E-state index in [0.717, 1.165) is 6.42 Å². The summed E-state index contributed by atoms with van der Waals surface area (Å²) in [6, 6.07) is 9.83. The van der Waals surface area contributed by atoms with Crippen molar-refractivity contribution < 1.29 is 23.5 Å². The molecule has 2 amide bonds. The van der Waals surface area contributed by atoms with Crippen LogP contribution in [0.15, 0.2) is 47.1 Å². The lowest BCUT2D eigenvalue weighted by atomic mass is 10.2. The fraction of sp³-hybridized carbons (Fsp3) is 0.316. The van der Waals surface area contributed by atoms with Crippen molar-refractivity contribution in [1.82, 2.24) is 5.32 Å². The summed E-state index contributed by atoms with van der Waals surface area (Å²) in [6.07, 6.45) is 2.85. The maximum absolute atomic E-state index is 12.2. The molecule has 0 aliphatic carbocycles. The molecule has 0 bridgehead atoms. The summed E-state index contributed by atoms with van der Waals surface area (Å²) < 4.78 is 10.3. The Labute approximate surface area is 150 Å². The van der Waals surface area contributed by atoms with Crippen LogP contribution in [0.25, 0.3) is 0 Å². The van der Waals surface area contributed by atoms with E-state index in [-0.39, 0.29) is 11.9 Å². The molecule has 0 radical (unpaired) electrons. The summed E-state index contributed by atoms with van der Waals surface area (Å²) in [7, 11) is 0. The van der Waals surface area contributed by atoms with Crippen molar-refractivity contribution in [3.63, 3.8) is 0 Å². The van der Waals surface area contributed by atoms with Gasteiger partial charge < -0.3 is 19.4 Å². The molecule has 7 nitrogen and oxygen atoms in total. The summed E-state index contributed by atoms with van der Waals surface area (Å²) in [5.41, 5.74) is 0.965. The number of hydrogen-bond acceptors (Lipinski definition) is 5. The lowest BCUT2D eigenvalue weighted by Crippen LogP contribution is -2.31. The standard InChI is InChI=1S/C19H20N2O5/c1-13(16-7-4-10-25-16)20-17(22)12-26-19(24)14-5-2-6-15(11-14)21-9-3-8-18(21)23/h2,4-7,10-11,13H,3,8-9,12H2,1H3,(H,20,22)/t13-/m1/s1. The predicted molar refractivity (Wildman–Crippen MR) is 93.6 cm³/mol. The van der Waals surface area contributed by atoms with Gasteiger partial charge in [0.15, 0.2) is 6.61 Å². The predicted octanol–water partition coefficient (Wildman–Crippen LogP) is 2.44. The Balaban J connectivity index is 1.55. The van der Waals surface area contributed by atoms with E-state index >= 15 is 0 Å². The maximum atomic E-state index is 12.2. The molecule has 1 aliphatic rings. The van der Waals surface area contributed by atoms with E-state index < -0.39 is 18.5 Å². The lowest BCUT2D eigenvalue weighted by Gasteiger charge is -2.16. The number of carbonyl (C=O) groups is 3. The van der Waals surface area contributed by atoms with Gasteiger partial charge >= 0.3 is 5.97 Å². The first-order valence-electron chi connectivity index (χ1n) is 8.45. The molecule has 7 heteroatoms. The highest BCUT2D eigenvalue weighted by Gasteiger charge is 2.22. The molecule has 1 aromatic heterocycles. The minimum absolute atomic E-state index is 0.0433. The molecule has 1 aromatic carbocycles. The quantitative estimate of drug-likeness (QED) is 0.803. The van der Waals surface area contributed by atoms with E-state index in [1.807, 2.05) is 0 Å². The normalized spacial score (nSPS) is 15.0. The van der Waals surface area contributed by atoms with Gasteiger partial charge in [-0.15, -0.1) is 0 Å². The van der Waals surface area contributed by atoms with Crippen molar-refractivity contribution in [3.05, 3.63) is 54.0 Å². The Bertz CT molecular complexity index is 800. The number of nitrogens with zero attached hydrogens (tertiary/aromatic N) is 1. The maximum Gasteiger partial charge on any atom is 0.338 e. The SMILES string of the molecule is C[C@@H](NC(=O)COC(=O)c1cccc(N2CCCC2=O)c1)c1ccco1. The van der Waals surface area contributed by atoms with Gasteiger partial charge in [0.1, 0.15) is 5.76 Å². The van der Waals surface area contributed by atoms with Crippen LogP contribution >= 0.6 is 0 Å². The Hall–Kier alpha value is -3.09. The summed E-state index contributed by atoms with van der Waals surface area (Å²) in [4.78, 5) is 37.6. The van der Waals surface area contributed by atoms with Gasteiger partial charge in [0, 0.05) is 18.7 Å². The van der Waals surface area contributed by atoms with Crippen LogP contribution in [0, 0.1) is 0 Å². The molecule has 1 fully saturated rings. The van der Waals surface area contributed by atoms with Gasteiger partial charge in [-0.05, 0) is 43.7 Å². The second-order valence-corrected chi connectivity index (χ2v) is 6.08. The number of anilines is 1. The number of esters is 1. The lowest BCUT2D eigenvalue weighted by molar-refractivity contribution is -0.125. The molecule has 3 rings (SSSR count). The highest BCUT2D eigenvalue weighted by molar-refractivity contribution is 5.97. The average Bonchev–Trinajstić information content (AvgIpc) is 3.31. The van der Waals surface area contributed by atoms with Crippen LogP contribution in [-0.2, 0) is 14.3 Å². The number of amides is 2. The number of nitrogens with one attached hydrogen (secondary N) is 1. The summed E-state index contributed by atoms with van der Waals surface area (Å²) in [5.74, 6) is -0.373. The van der Waals surface area contributed by atoms with E-state index in [1.165, 1.54) is 6.26 Å². The molecule has 1 atom stereocenters. The molecule has 1 aliphatic heterocycles. The van der Waals surface area contributed by atoms with Gasteiger partial charge in [-0.1, -0.05) is 6.07 Å². The first-order chi connectivity index (χ1) is 12.5. The summed E-state index contributed by atoms with van der Waals surface area (Å²) in [5, 5.41) is 2.69. The van der Waals surface area contributed by atoms with Crippen molar-refractivity contribution in [3.8, 4) is 0 Å². The molecule has 0 unspecified atom stereocenters. The van der Waals surface area contributed by atoms with Gasteiger partial charge in [-0.3, -0.25) is 9.59 Å². The second-order valence-electron chi connectivity index (χ2n) is 6.08.